The molecule has 137 valence electrons. The molecule has 26 heavy (non-hydrogen) atoms. The van der Waals surface area contributed by atoms with Crippen LogP contribution in [0, 0.1) is 6.92 Å². The van der Waals surface area contributed by atoms with Crippen molar-refractivity contribution in [2.24, 2.45) is 0 Å². The molecule has 0 heterocycles. The zero-order valence-corrected chi connectivity index (χ0v) is 15.4. The largest absolute Gasteiger partial charge is 0.449 e. The molecule has 6 nitrogen and oxygen atoms in total. The fourth-order valence-corrected chi connectivity index (χ4v) is 3.58. The third kappa shape index (κ3) is 4.49. The minimum Gasteiger partial charge on any atom is -0.449 e. The molecule has 2 rings (SSSR count). The first-order chi connectivity index (χ1) is 12.4. The monoisotopic (exact) mass is 374 g/mol. The van der Waals surface area contributed by atoms with Crippen molar-refractivity contribution >= 4 is 22.4 Å². The summed E-state index contributed by atoms with van der Waals surface area (Å²) >= 11 is 0. The molecule has 0 atom stereocenters. The summed E-state index contributed by atoms with van der Waals surface area (Å²) in [5.41, 5.74) is 1.92. The Labute approximate surface area is 153 Å². The molecule has 0 aliphatic carbocycles. The van der Waals surface area contributed by atoms with E-state index in [0.29, 0.717) is 28.7 Å². The summed E-state index contributed by atoms with van der Waals surface area (Å²) < 4.78 is 32.1. The third-order valence-electron chi connectivity index (χ3n) is 3.86. The van der Waals surface area contributed by atoms with Crippen LogP contribution < -0.4 is 4.72 Å². The summed E-state index contributed by atoms with van der Waals surface area (Å²) in [4.78, 5) is 22.7. The van der Waals surface area contributed by atoms with Crippen molar-refractivity contribution in [2.45, 2.75) is 31.6 Å². The zero-order valence-electron chi connectivity index (χ0n) is 14.6. The number of ether oxygens (including phenoxy) is 1. The fourth-order valence-electron chi connectivity index (χ4n) is 2.46. The molecule has 1 N–H and O–H groups in total. The van der Waals surface area contributed by atoms with Gasteiger partial charge in [0, 0.05) is 11.1 Å². The Morgan fingerprint density at radius 1 is 1.12 bits per heavy atom. The molecule has 1 radical (unpaired) electrons. The number of rotatable bonds is 7. The van der Waals surface area contributed by atoms with Crippen LogP contribution >= 0.6 is 0 Å². The van der Waals surface area contributed by atoms with E-state index in [4.69, 9.17) is 4.74 Å². The van der Waals surface area contributed by atoms with Gasteiger partial charge >= 0.3 is 6.09 Å². The SMILES string of the molecule is CCCCOC(=O)NS(=O)(=O)c1ccccc1-c1cccc([C]=O)c1C. The Hall–Kier alpha value is -2.67. The molecule has 0 aromatic heterocycles. The number of sulfonamides is 1. The first-order valence-electron chi connectivity index (χ1n) is 8.17. The number of carbonyl (C=O) groups excluding carboxylic acids is 2. The molecular formula is C19H20NO5S. The van der Waals surface area contributed by atoms with Gasteiger partial charge in [-0.05, 0) is 30.5 Å². The van der Waals surface area contributed by atoms with Crippen molar-refractivity contribution in [3.05, 3.63) is 53.6 Å². The lowest BCUT2D eigenvalue weighted by atomic mass is 9.97. The van der Waals surface area contributed by atoms with Gasteiger partial charge in [0.25, 0.3) is 10.0 Å². The number of hydrogen-bond donors (Lipinski definition) is 1. The van der Waals surface area contributed by atoms with Gasteiger partial charge in [0.05, 0.1) is 11.5 Å². The molecule has 1 amide bonds. The molecule has 0 spiro atoms. The summed E-state index contributed by atoms with van der Waals surface area (Å²) in [7, 11) is -4.13. The van der Waals surface area contributed by atoms with Crippen molar-refractivity contribution in [3.8, 4) is 11.1 Å². The average molecular weight is 374 g/mol. The number of unbranched alkanes of at least 4 members (excludes halogenated alkanes) is 1. The molecule has 2 aromatic carbocycles. The molecule has 0 saturated heterocycles. The van der Waals surface area contributed by atoms with Crippen LogP contribution in [-0.2, 0) is 19.6 Å². The Bertz CT molecular complexity index is 906. The van der Waals surface area contributed by atoms with E-state index in [9.17, 15) is 18.0 Å². The maximum absolute atomic E-state index is 12.6. The second-order valence-electron chi connectivity index (χ2n) is 5.67. The van der Waals surface area contributed by atoms with Gasteiger partial charge in [-0.2, -0.15) is 0 Å². The van der Waals surface area contributed by atoms with E-state index in [2.05, 4.69) is 0 Å². The van der Waals surface area contributed by atoms with Gasteiger partial charge in [-0.3, -0.25) is 4.79 Å². The van der Waals surface area contributed by atoms with E-state index in [-0.39, 0.29) is 11.5 Å². The highest BCUT2D eigenvalue weighted by Crippen LogP contribution is 2.30. The first-order valence-corrected chi connectivity index (χ1v) is 9.65. The Balaban J connectivity index is 2.40. The number of carbonyl (C=O) groups is 1. The van der Waals surface area contributed by atoms with E-state index in [1.54, 1.807) is 43.3 Å². The Morgan fingerprint density at radius 3 is 2.50 bits per heavy atom. The number of nitrogens with one attached hydrogen (secondary N) is 1. The number of hydrogen-bond acceptors (Lipinski definition) is 5. The predicted molar refractivity (Wildman–Crippen MR) is 98.0 cm³/mol. The molecular weight excluding hydrogens is 354 g/mol. The standard InChI is InChI=1S/C19H20NO5S/c1-3-4-12-25-19(22)20-26(23,24)18-11-6-5-9-17(18)16-10-7-8-15(13-21)14(16)2/h5-11H,3-4,12H2,1-2H3,(H,20,22). The predicted octanol–water partition coefficient (Wildman–Crippen LogP) is 3.33. The van der Waals surface area contributed by atoms with E-state index in [1.165, 1.54) is 6.07 Å². The summed E-state index contributed by atoms with van der Waals surface area (Å²) in [5.74, 6) is 0. The molecule has 0 saturated carbocycles. The van der Waals surface area contributed by atoms with E-state index in [1.807, 2.05) is 17.9 Å². The van der Waals surface area contributed by atoms with Crippen LogP contribution in [0.4, 0.5) is 4.79 Å². The van der Waals surface area contributed by atoms with Crippen LogP contribution in [0.5, 0.6) is 0 Å². The molecule has 0 bridgehead atoms. The lowest BCUT2D eigenvalue weighted by Gasteiger charge is -2.14. The summed E-state index contributed by atoms with van der Waals surface area (Å²) in [6.45, 7) is 3.79. The second-order valence-corrected chi connectivity index (χ2v) is 7.32. The normalized spacial score (nSPS) is 11.0. The average Bonchev–Trinajstić information content (AvgIpc) is 2.62. The highest BCUT2D eigenvalue weighted by Gasteiger charge is 2.23. The van der Waals surface area contributed by atoms with Crippen LogP contribution in [-0.4, -0.2) is 27.4 Å². The minimum absolute atomic E-state index is 0.0707. The summed E-state index contributed by atoms with van der Waals surface area (Å²) in [6.07, 6.45) is 2.30. The Kier molecular flexibility index (Phi) is 6.52. The lowest BCUT2D eigenvalue weighted by Crippen LogP contribution is -2.31. The molecule has 0 aliphatic rings. The smallest absolute Gasteiger partial charge is 0.421 e. The molecule has 2 aromatic rings. The maximum atomic E-state index is 12.6. The van der Waals surface area contributed by atoms with Gasteiger partial charge in [0.2, 0.25) is 6.29 Å². The fraction of sp³-hybridized carbons (Fsp3) is 0.263. The number of benzene rings is 2. The van der Waals surface area contributed by atoms with Gasteiger partial charge < -0.3 is 4.74 Å². The lowest BCUT2D eigenvalue weighted by molar-refractivity contribution is 0.151. The van der Waals surface area contributed by atoms with E-state index >= 15 is 0 Å². The van der Waals surface area contributed by atoms with E-state index < -0.39 is 16.1 Å². The molecule has 0 fully saturated rings. The van der Waals surface area contributed by atoms with Crippen LogP contribution in [0.15, 0.2) is 47.4 Å². The van der Waals surface area contributed by atoms with Crippen molar-refractivity contribution in [1.82, 2.24) is 4.72 Å². The zero-order chi connectivity index (χ0) is 19.2. The number of amides is 1. The maximum Gasteiger partial charge on any atom is 0.421 e. The second kappa shape index (κ2) is 8.62. The minimum atomic E-state index is -4.13. The van der Waals surface area contributed by atoms with Crippen molar-refractivity contribution in [3.63, 3.8) is 0 Å². The van der Waals surface area contributed by atoms with Crippen molar-refractivity contribution in [2.75, 3.05) is 6.61 Å². The first kappa shape index (κ1) is 19.7. The molecule has 7 heteroatoms. The van der Waals surface area contributed by atoms with Gasteiger partial charge in [-0.15, -0.1) is 0 Å². The molecule has 0 unspecified atom stereocenters. The topological polar surface area (TPSA) is 89.5 Å². The highest BCUT2D eigenvalue weighted by molar-refractivity contribution is 7.90. The molecule has 0 aliphatic heterocycles. The van der Waals surface area contributed by atoms with Crippen LogP contribution in [0.2, 0.25) is 0 Å². The van der Waals surface area contributed by atoms with Crippen LogP contribution in [0.25, 0.3) is 11.1 Å². The van der Waals surface area contributed by atoms with Gasteiger partial charge in [-0.1, -0.05) is 49.7 Å². The quantitative estimate of drug-likeness (QED) is 0.751. The highest BCUT2D eigenvalue weighted by atomic mass is 32.2. The van der Waals surface area contributed by atoms with Crippen molar-refractivity contribution < 1.29 is 22.7 Å². The van der Waals surface area contributed by atoms with E-state index in [0.717, 1.165) is 6.42 Å². The van der Waals surface area contributed by atoms with Crippen molar-refractivity contribution in [1.29, 1.82) is 0 Å². The van der Waals surface area contributed by atoms with Gasteiger partial charge in [-0.25, -0.2) is 17.9 Å². The van der Waals surface area contributed by atoms with Crippen LogP contribution in [0.3, 0.4) is 0 Å². The van der Waals surface area contributed by atoms with Gasteiger partial charge in [0.1, 0.15) is 0 Å². The van der Waals surface area contributed by atoms with Crippen LogP contribution in [0.1, 0.15) is 30.9 Å². The third-order valence-corrected chi connectivity index (χ3v) is 5.23. The Morgan fingerprint density at radius 2 is 1.81 bits per heavy atom. The summed E-state index contributed by atoms with van der Waals surface area (Å²) in [5, 5.41) is 0. The van der Waals surface area contributed by atoms with Gasteiger partial charge in [0.15, 0.2) is 0 Å². The summed E-state index contributed by atoms with van der Waals surface area (Å²) in [6, 6.07) is 11.2.